The molecule has 0 aromatic rings. The molecular formula is C11H23N. The van der Waals surface area contributed by atoms with Gasteiger partial charge in [0.05, 0.1) is 0 Å². The molecule has 0 amide bonds. The van der Waals surface area contributed by atoms with Gasteiger partial charge < -0.3 is 5.41 Å². The monoisotopic (exact) mass is 169 g/mol. The molecule has 1 N–H and O–H groups in total. The molecule has 0 saturated heterocycles. The lowest BCUT2D eigenvalue weighted by molar-refractivity contribution is 0.559. The second-order valence-corrected chi connectivity index (χ2v) is 3.70. The molecule has 1 atom stereocenters. The van der Waals surface area contributed by atoms with Crippen LogP contribution in [-0.4, -0.2) is 6.21 Å². The fourth-order valence-corrected chi connectivity index (χ4v) is 1.33. The maximum absolute atomic E-state index is 7.03. The van der Waals surface area contributed by atoms with Gasteiger partial charge in [-0.15, -0.1) is 0 Å². The first-order valence-corrected chi connectivity index (χ1v) is 5.31. The van der Waals surface area contributed by atoms with Gasteiger partial charge in [-0.05, 0) is 18.6 Å². The van der Waals surface area contributed by atoms with Crippen molar-refractivity contribution in [3.63, 3.8) is 0 Å². The summed E-state index contributed by atoms with van der Waals surface area (Å²) in [5.74, 6) is 0.496. The van der Waals surface area contributed by atoms with Crippen molar-refractivity contribution in [2.75, 3.05) is 0 Å². The van der Waals surface area contributed by atoms with Crippen LogP contribution in [0.2, 0.25) is 0 Å². The summed E-state index contributed by atoms with van der Waals surface area (Å²) in [4.78, 5) is 0. The van der Waals surface area contributed by atoms with Crippen LogP contribution in [0.5, 0.6) is 0 Å². The molecule has 0 aromatic carbocycles. The van der Waals surface area contributed by atoms with Crippen molar-refractivity contribution in [3.05, 3.63) is 0 Å². The standard InChI is InChI=1S/C11H23N/c1-3-4-5-6-7-8-9-11(2)10-12/h10-12H,3-9H2,1-2H3. The number of nitrogens with one attached hydrogen (secondary N) is 1. The van der Waals surface area contributed by atoms with E-state index in [2.05, 4.69) is 13.8 Å². The minimum absolute atomic E-state index is 0.496. The van der Waals surface area contributed by atoms with Crippen LogP contribution >= 0.6 is 0 Å². The molecule has 0 radical (unpaired) electrons. The lowest BCUT2D eigenvalue weighted by atomic mass is 10.0. The smallest absolute Gasteiger partial charge is 0.00195 e. The zero-order chi connectivity index (χ0) is 9.23. The second-order valence-electron chi connectivity index (χ2n) is 3.70. The zero-order valence-electron chi connectivity index (χ0n) is 8.60. The maximum Gasteiger partial charge on any atom is -0.00195 e. The van der Waals surface area contributed by atoms with Crippen LogP contribution in [0, 0.1) is 11.3 Å². The number of hydrogen-bond acceptors (Lipinski definition) is 1. The van der Waals surface area contributed by atoms with E-state index in [-0.39, 0.29) is 0 Å². The van der Waals surface area contributed by atoms with Gasteiger partial charge in [-0.2, -0.15) is 0 Å². The Kier molecular flexibility index (Phi) is 8.52. The predicted molar refractivity (Wildman–Crippen MR) is 55.9 cm³/mol. The van der Waals surface area contributed by atoms with E-state index in [9.17, 15) is 0 Å². The Hall–Kier alpha value is -0.330. The van der Waals surface area contributed by atoms with Gasteiger partial charge in [0, 0.05) is 0 Å². The predicted octanol–water partition coefficient (Wildman–Crippen LogP) is 4.02. The van der Waals surface area contributed by atoms with Gasteiger partial charge in [-0.3, -0.25) is 0 Å². The van der Waals surface area contributed by atoms with E-state index < -0.39 is 0 Å². The van der Waals surface area contributed by atoms with Gasteiger partial charge in [-0.1, -0.05) is 52.4 Å². The van der Waals surface area contributed by atoms with E-state index in [0.29, 0.717) is 5.92 Å². The zero-order valence-corrected chi connectivity index (χ0v) is 8.60. The third-order valence-corrected chi connectivity index (χ3v) is 2.30. The van der Waals surface area contributed by atoms with Crippen molar-refractivity contribution < 1.29 is 0 Å². The lowest BCUT2D eigenvalue weighted by Gasteiger charge is -2.03. The Morgan fingerprint density at radius 1 is 1.08 bits per heavy atom. The van der Waals surface area contributed by atoms with Crippen LogP contribution in [0.25, 0.3) is 0 Å². The Morgan fingerprint density at radius 3 is 2.25 bits per heavy atom. The third-order valence-electron chi connectivity index (χ3n) is 2.30. The summed E-state index contributed by atoms with van der Waals surface area (Å²) in [5, 5.41) is 7.03. The summed E-state index contributed by atoms with van der Waals surface area (Å²) in [6, 6.07) is 0. The molecule has 1 heteroatoms. The van der Waals surface area contributed by atoms with Crippen LogP contribution in [0.15, 0.2) is 0 Å². The molecule has 0 aliphatic heterocycles. The number of rotatable bonds is 8. The fourth-order valence-electron chi connectivity index (χ4n) is 1.33. The number of unbranched alkanes of at least 4 members (excludes halogenated alkanes) is 5. The average molecular weight is 169 g/mol. The van der Waals surface area contributed by atoms with E-state index >= 15 is 0 Å². The molecule has 0 aliphatic carbocycles. The first-order valence-electron chi connectivity index (χ1n) is 5.31. The van der Waals surface area contributed by atoms with Crippen molar-refractivity contribution in [1.82, 2.24) is 0 Å². The highest BCUT2D eigenvalue weighted by atomic mass is 14.3. The van der Waals surface area contributed by atoms with E-state index in [4.69, 9.17) is 5.41 Å². The topological polar surface area (TPSA) is 23.9 Å². The SMILES string of the molecule is CCCCCCCCC(C)C=N. The first kappa shape index (κ1) is 11.7. The normalized spacial score (nSPS) is 12.8. The molecule has 72 valence electrons. The van der Waals surface area contributed by atoms with Crippen LogP contribution in [0.3, 0.4) is 0 Å². The van der Waals surface area contributed by atoms with Crippen LogP contribution in [0.1, 0.15) is 58.8 Å². The highest BCUT2D eigenvalue weighted by molar-refractivity contribution is 5.55. The van der Waals surface area contributed by atoms with Gasteiger partial charge in [-0.25, -0.2) is 0 Å². The third kappa shape index (κ3) is 7.77. The molecule has 0 aromatic heterocycles. The van der Waals surface area contributed by atoms with Crippen molar-refractivity contribution in [3.8, 4) is 0 Å². The van der Waals surface area contributed by atoms with Crippen molar-refractivity contribution in [1.29, 1.82) is 5.41 Å². The average Bonchev–Trinajstić information content (AvgIpc) is 2.10. The molecule has 1 nitrogen and oxygen atoms in total. The summed E-state index contributed by atoms with van der Waals surface area (Å²) < 4.78 is 0. The second kappa shape index (κ2) is 8.76. The fraction of sp³-hybridized carbons (Fsp3) is 0.909. The molecule has 0 fully saturated rings. The first-order chi connectivity index (χ1) is 5.81. The molecule has 0 saturated carbocycles. The van der Waals surface area contributed by atoms with E-state index in [1.54, 1.807) is 6.21 Å². The summed E-state index contributed by atoms with van der Waals surface area (Å²) in [5.41, 5.74) is 0. The largest absolute Gasteiger partial charge is 0.313 e. The summed E-state index contributed by atoms with van der Waals surface area (Å²) >= 11 is 0. The Morgan fingerprint density at radius 2 is 1.67 bits per heavy atom. The maximum atomic E-state index is 7.03. The molecule has 0 rings (SSSR count). The van der Waals surface area contributed by atoms with E-state index in [0.717, 1.165) is 0 Å². The van der Waals surface area contributed by atoms with Gasteiger partial charge in [0.2, 0.25) is 0 Å². The summed E-state index contributed by atoms with van der Waals surface area (Å²) in [6.07, 6.45) is 10.9. The molecule has 0 aliphatic rings. The lowest BCUT2D eigenvalue weighted by Crippen LogP contribution is -1.94. The highest BCUT2D eigenvalue weighted by Gasteiger charge is 1.96. The van der Waals surface area contributed by atoms with Crippen LogP contribution in [0.4, 0.5) is 0 Å². The highest BCUT2D eigenvalue weighted by Crippen LogP contribution is 2.10. The Balaban J connectivity index is 2.95. The molecule has 12 heavy (non-hydrogen) atoms. The molecular weight excluding hydrogens is 146 g/mol. The molecule has 0 heterocycles. The minimum Gasteiger partial charge on any atom is -0.313 e. The number of hydrogen-bond donors (Lipinski definition) is 1. The van der Waals surface area contributed by atoms with Gasteiger partial charge >= 0.3 is 0 Å². The Labute approximate surface area is 77.1 Å². The van der Waals surface area contributed by atoms with Gasteiger partial charge in [0.25, 0.3) is 0 Å². The van der Waals surface area contributed by atoms with Crippen molar-refractivity contribution in [2.45, 2.75) is 58.8 Å². The Bertz CT molecular complexity index is 99.2. The van der Waals surface area contributed by atoms with Crippen molar-refractivity contribution in [2.24, 2.45) is 5.92 Å². The summed E-state index contributed by atoms with van der Waals surface area (Å²) in [7, 11) is 0. The van der Waals surface area contributed by atoms with E-state index in [1.807, 2.05) is 0 Å². The van der Waals surface area contributed by atoms with Crippen LogP contribution < -0.4 is 0 Å². The molecule has 1 unspecified atom stereocenters. The van der Waals surface area contributed by atoms with Crippen LogP contribution in [-0.2, 0) is 0 Å². The quantitative estimate of drug-likeness (QED) is 0.419. The minimum atomic E-state index is 0.496. The van der Waals surface area contributed by atoms with Crippen molar-refractivity contribution >= 4 is 6.21 Å². The van der Waals surface area contributed by atoms with E-state index in [1.165, 1.54) is 44.9 Å². The molecule has 0 spiro atoms. The van der Waals surface area contributed by atoms with Gasteiger partial charge in [0.1, 0.15) is 0 Å². The van der Waals surface area contributed by atoms with Gasteiger partial charge in [0.15, 0.2) is 0 Å². The summed E-state index contributed by atoms with van der Waals surface area (Å²) in [6.45, 7) is 4.37. The molecule has 0 bridgehead atoms.